The highest BCUT2D eigenvalue weighted by molar-refractivity contribution is 5.93. The van der Waals surface area contributed by atoms with Gasteiger partial charge in [0.25, 0.3) is 5.91 Å². The number of ether oxygens (including phenoxy) is 1. The summed E-state index contributed by atoms with van der Waals surface area (Å²) in [6, 6.07) is 11.7. The lowest BCUT2D eigenvalue weighted by Crippen LogP contribution is -2.64. The van der Waals surface area contributed by atoms with Gasteiger partial charge in [0.05, 0.1) is 17.9 Å². The number of carbonyl (C=O) groups is 1. The molecule has 0 radical (unpaired) electrons. The number of nitrogens with zero attached hydrogens (tertiary/aromatic N) is 3. The molecule has 0 bridgehead atoms. The van der Waals surface area contributed by atoms with E-state index in [-0.39, 0.29) is 5.91 Å². The molecule has 0 unspecified atom stereocenters. The topological polar surface area (TPSA) is 87.8 Å². The van der Waals surface area contributed by atoms with E-state index in [0.29, 0.717) is 44.7 Å². The number of piperidine rings is 1. The van der Waals surface area contributed by atoms with Gasteiger partial charge >= 0.3 is 0 Å². The Bertz CT molecular complexity index is 854. The first kappa shape index (κ1) is 19.1. The first-order chi connectivity index (χ1) is 13.3. The average Bonchev–Trinajstić information content (AvgIpc) is 3.08. The standard InChI is InChI=1S/C21H27N3O4/c1-20(27)10-13-28-21(19(20)26)8-11-24(12-9-21)18(25)16-14-17(23(2)22-16)15-6-4-3-5-7-15/h3-7,14,19,26-27H,8-13H2,1-2H3/t19-,20+/m0/s1. The highest BCUT2D eigenvalue weighted by Crippen LogP contribution is 2.40. The van der Waals surface area contributed by atoms with Gasteiger partial charge in [-0.1, -0.05) is 30.3 Å². The molecule has 2 atom stereocenters. The fraction of sp³-hybridized carbons (Fsp3) is 0.524. The van der Waals surface area contributed by atoms with Gasteiger partial charge in [0.2, 0.25) is 0 Å². The second-order valence-electron chi connectivity index (χ2n) is 8.12. The Hall–Kier alpha value is -2.22. The Labute approximate surface area is 164 Å². The van der Waals surface area contributed by atoms with Crippen LogP contribution >= 0.6 is 0 Å². The number of carbonyl (C=O) groups excluding carboxylic acids is 1. The Kier molecular flexibility index (Phi) is 4.77. The summed E-state index contributed by atoms with van der Waals surface area (Å²) in [4.78, 5) is 14.7. The molecule has 150 valence electrons. The third-order valence-electron chi connectivity index (χ3n) is 6.15. The lowest BCUT2D eigenvalue weighted by molar-refractivity contribution is -0.244. The predicted molar refractivity (Wildman–Crippen MR) is 104 cm³/mol. The third-order valence-corrected chi connectivity index (χ3v) is 6.15. The Balaban J connectivity index is 1.48. The zero-order valence-electron chi connectivity index (χ0n) is 16.3. The molecule has 28 heavy (non-hydrogen) atoms. The van der Waals surface area contributed by atoms with E-state index in [2.05, 4.69) is 5.10 Å². The molecule has 1 amide bonds. The largest absolute Gasteiger partial charge is 0.387 e. The highest BCUT2D eigenvalue weighted by Gasteiger charge is 2.53. The first-order valence-electron chi connectivity index (χ1n) is 9.76. The lowest BCUT2D eigenvalue weighted by atomic mass is 9.75. The Morgan fingerprint density at radius 3 is 2.57 bits per heavy atom. The van der Waals surface area contributed by atoms with E-state index < -0.39 is 17.3 Å². The molecule has 4 rings (SSSR count). The predicted octanol–water partition coefficient (Wildman–Crippen LogP) is 1.59. The van der Waals surface area contributed by atoms with Crippen molar-refractivity contribution in [3.8, 4) is 11.3 Å². The Morgan fingerprint density at radius 1 is 1.21 bits per heavy atom. The second kappa shape index (κ2) is 6.99. The van der Waals surface area contributed by atoms with Crippen molar-refractivity contribution in [2.24, 2.45) is 7.05 Å². The number of benzene rings is 1. The van der Waals surface area contributed by atoms with Crippen LogP contribution in [0.15, 0.2) is 36.4 Å². The number of aromatic nitrogens is 2. The van der Waals surface area contributed by atoms with Crippen molar-refractivity contribution < 1.29 is 19.7 Å². The van der Waals surface area contributed by atoms with Crippen LogP contribution in [0.25, 0.3) is 11.3 Å². The highest BCUT2D eigenvalue weighted by atomic mass is 16.5. The number of aryl methyl sites for hydroxylation is 1. The van der Waals surface area contributed by atoms with Crippen LogP contribution in [0.3, 0.4) is 0 Å². The number of likely N-dealkylation sites (tertiary alicyclic amines) is 1. The summed E-state index contributed by atoms with van der Waals surface area (Å²) >= 11 is 0. The fourth-order valence-electron chi connectivity index (χ4n) is 4.36. The third kappa shape index (κ3) is 3.23. The molecule has 2 fully saturated rings. The number of hydrogen-bond acceptors (Lipinski definition) is 5. The van der Waals surface area contributed by atoms with Crippen molar-refractivity contribution in [3.63, 3.8) is 0 Å². The van der Waals surface area contributed by atoms with Crippen molar-refractivity contribution in [1.29, 1.82) is 0 Å². The van der Waals surface area contributed by atoms with Crippen molar-refractivity contribution >= 4 is 5.91 Å². The van der Waals surface area contributed by atoms with Gasteiger partial charge in [-0.2, -0.15) is 5.10 Å². The number of aliphatic hydroxyl groups is 2. The van der Waals surface area contributed by atoms with Gasteiger partial charge in [-0.15, -0.1) is 0 Å². The van der Waals surface area contributed by atoms with Crippen molar-refractivity contribution in [1.82, 2.24) is 14.7 Å². The SMILES string of the molecule is Cn1nc(C(=O)N2CCC3(CC2)OCC[C@@](C)(O)[C@@H]3O)cc1-c1ccccc1. The maximum absolute atomic E-state index is 13.0. The molecular weight excluding hydrogens is 358 g/mol. The van der Waals surface area contributed by atoms with Gasteiger partial charge in [0.15, 0.2) is 5.69 Å². The van der Waals surface area contributed by atoms with Crippen LogP contribution in [0.5, 0.6) is 0 Å². The maximum Gasteiger partial charge on any atom is 0.274 e. The molecule has 1 aromatic carbocycles. The van der Waals surface area contributed by atoms with E-state index in [1.807, 2.05) is 43.4 Å². The van der Waals surface area contributed by atoms with Crippen molar-refractivity contribution in [2.45, 2.75) is 43.5 Å². The number of amides is 1. The zero-order chi connectivity index (χ0) is 19.9. The molecule has 2 aliphatic rings. The van der Waals surface area contributed by atoms with E-state index >= 15 is 0 Å². The summed E-state index contributed by atoms with van der Waals surface area (Å²) in [7, 11) is 1.83. The van der Waals surface area contributed by atoms with E-state index in [1.54, 1.807) is 16.5 Å². The summed E-state index contributed by atoms with van der Waals surface area (Å²) in [5, 5.41) is 25.5. The van der Waals surface area contributed by atoms with Crippen molar-refractivity contribution in [2.75, 3.05) is 19.7 Å². The van der Waals surface area contributed by atoms with Crippen LogP contribution in [0.2, 0.25) is 0 Å². The number of hydrogen-bond donors (Lipinski definition) is 2. The monoisotopic (exact) mass is 385 g/mol. The van der Waals surface area contributed by atoms with Gasteiger partial charge in [-0.05, 0) is 31.4 Å². The van der Waals surface area contributed by atoms with Crippen LogP contribution in [0, 0.1) is 0 Å². The van der Waals surface area contributed by atoms with Crippen molar-refractivity contribution in [3.05, 3.63) is 42.1 Å². The smallest absolute Gasteiger partial charge is 0.274 e. The lowest BCUT2D eigenvalue weighted by Gasteiger charge is -2.51. The molecule has 2 aliphatic heterocycles. The Morgan fingerprint density at radius 2 is 1.89 bits per heavy atom. The fourth-order valence-corrected chi connectivity index (χ4v) is 4.36. The quantitative estimate of drug-likeness (QED) is 0.820. The molecule has 1 spiro atoms. The number of aliphatic hydroxyl groups excluding tert-OH is 1. The summed E-state index contributed by atoms with van der Waals surface area (Å²) in [6.07, 6.45) is 0.447. The molecule has 2 aromatic rings. The van der Waals surface area contributed by atoms with Crippen LogP contribution in [0.4, 0.5) is 0 Å². The molecular formula is C21H27N3O4. The van der Waals surface area contributed by atoms with Crippen LogP contribution in [0.1, 0.15) is 36.7 Å². The normalized spacial score (nSPS) is 27.1. The first-order valence-corrected chi connectivity index (χ1v) is 9.76. The van der Waals surface area contributed by atoms with Gasteiger partial charge < -0.3 is 19.8 Å². The minimum Gasteiger partial charge on any atom is -0.387 e. The molecule has 0 aliphatic carbocycles. The van der Waals surface area contributed by atoms with E-state index in [4.69, 9.17) is 4.74 Å². The van der Waals surface area contributed by atoms with Gasteiger partial charge in [0.1, 0.15) is 11.7 Å². The summed E-state index contributed by atoms with van der Waals surface area (Å²) in [5.41, 5.74) is 0.373. The minimum atomic E-state index is -1.16. The van der Waals surface area contributed by atoms with E-state index in [1.165, 1.54) is 0 Å². The zero-order valence-corrected chi connectivity index (χ0v) is 16.3. The molecule has 0 saturated carbocycles. The van der Waals surface area contributed by atoms with E-state index in [9.17, 15) is 15.0 Å². The average molecular weight is 385 g/mol. The molecule has 2 N–H and O–H groups in total. The van der Waals surface area contributed by atoms with Crippen LogP contribution in [-0.4, -0.2) is 67.8 Å². The van der Waals surface area contributed by atoms with Gasteiger partial charge in [-0.25, -0.2) is 0 Å². The van der Waals surface area contributed by atoms with E-state index in [0.717, 1.165) is 11.3 Å². The maximum atomic E-state index is 13.0. The summed E-state index contributed by atoms with van der Waals surface area (Å²) in [6.45, 7) is 2.99. The molecule has 1 aromatic heterocycles. The van der Waals surface area contributed by atoms with Gasteiger partial charge in [-0.3, -0.25) is 9.48 Å². The van der Waals surface area contributed by atoms with Crippen LogP contribution in [-0.2, 0) is 11.8 Å². The molecule has 2 saturated heterocycles. The number of rotatable bonds is 2. The molecule has 7 nitrogen and oxygen atoms in total. The molecule has 3 heterocycles. The summed E-state index contributed by atoms with van der Waals surface area (Å²) < 4.78 is 7.62. The van der Waals surface area contributed by atoms with Gasteiger partial charge in [0, 0.05) is 26.6 Å². The summed E-state index contributed by atoms with van der Waals surface area (Å²) in [5.74, 6) is -0.121. The molecule has 7 heteroatoms. The van der Waals surface area contributed by atoms with Crippen LogP contribution < -0.4 is 0 Å². The second-order valence-corrected chi connectivity index (χ2v) is 8.12. The minimum absolute atomic E-state index is 0.121.